The van der Waals surface area contributed by atoms with E-state index in [9.17, 15) is 9.59 Å². The van der Waals surface area contributed by atoms with Gasteiger partial charge in [0.2, 0.25) is 5.91 Å². The first-order valence-corrected chi connectivity index (χ1v) is 6.98. The highest BCUT2D eigenvalue weighted by atomic mass is 16.2. The van der Waals surface area contributed by atoms with Crippen molar-refractivity contribution in [3.63, 3.8) is 0 Å². The molecule has 0 radical (unpaired) electrons. The number of amides is 2. The number of hydrogen-bond donors (Lipinski definition) is 3. The van der Waals surface area contributed by atoms with E-state index in [1.54, 1.807) is 24.3 Å². The average Bonchev–Trinajstić information content (AvgIpc) is 2.41. The molecule has 1 fully saturated rings. The van der Waals surface area contributed by atoms with Crippen molar-refractivity contribution in [3.05, 3.63) is 29.8 Å². The first kappa shape index (κ1) is 14.5. The Morgan fingerprint density at radius 3 is 2.55 bits per heavy atom. The molecule has 0 spiro atoms. The molecule has 1 saturated carbocycles. The fourth-order valence-electron chi connectivity index (χ4n) is 2.47. The second kappa shape index (κ2) is 6.52. The summed E-state index contributed by atoms with van der Waals surface area (Å²) in [4.78, 5) is 23.2. The Bertz CT molecular complexity index is 494. The summed E-state index contributed by atoms with van der Waals surface area (Å²) >= 11 is 0. The molecular formula is C15H21N3O2. The van der Waals surface area contributed by atoms with Gasteiger partial charge in [-0.15, -0.1) is 0 Å². The van der Waals surface area contributed by atoms with Gasteiger partial charge in [0.15, 0.2) is 0 Å². The van der Waals surface area contributed by atoms with Crippen LogP contribution in [0.4, 0.5) is 5.69 Å². The number of nitrogens with one attached hydrogen (secondary N) is 2. The summed E-state index contributed by atoms with van der Waals surface area (Å²) in [6.07, 6.45) is 3.77. The van der Waals surface area contributed by atoms with Crippen LogP contribution in [-0.2, 0) is 4.79 Å². The first-order valence-electron chi connectivity index (χ1n) is 6.98. The van der Waals surface area contributed by atoms with Crippen LogP contribution in [0.5, 0.6) is 0 Å². The van der Waals surface area contributed by atoms with Crippen LogP contribution in [0.15, 0.2) is 24.3 Å². The molecule has 0 heterocycles. The molecule has 1 aliphatic rings. The topological polar surface area (TPSA) is 84.2 Å². The summed E-state index contributed by atoms with van der Waals surface area (Å²) in [5.74, 6) is -0.249. The average molecular weight is 275 g/mol. The molecule has 4 N–H and O–H groups in total. The smallest absolute Gasteiger partial charge is 0.251 e. The van der Waals surface area contributed by atoms with Crippen molar-refractivity contribution in [2.24, 2.45) is 5.73 Å². The first-order chi connectivity index (χ1) is 9.54. The lowest BCUT2D eigenvalue weighted by Crippen LogP contribution is -2.40. The molecular weight excluding hydrogens is 254 g/mol. The molecule has 2 amide bonds. The molecule has 5 nitrogen and oxygen atoms in total. The number of carbonyl (C=O) groups excluding carboxylic acids is 2. The van der Waals surface area contributed by atoms with Gasteiger partial charge in [0.05, 0.1) is 0 Å². The van der Waals surface area contributed by atoms with Crippen molar-refractivity contribution in [1.29, 1.82) is 0 Å². The van der Waals surface area contributed by atoms with E-state index in [-0.39, 0.29) is 23.9 Å². The molecule has 5 heteroatoms. The Balaban J connectivity index is 1.96. The van der Waals surface area contributed by atoms with Crippen LogP contribution < -0.4 is 16.4 Å². The van der Waals surface area contributed by atoms with E-state index in [4.69, 9.17) is 5.73 Å². The van der Waals surface area contributed by atoms with Gasteiger partial charge in [-0.25, -0.2) is 0 Å². The predicted octanol–water partition coefficient (Wildman–Crippen LogP) is 1.64. The standard InChI is InChI=1S/C15H21N3O2/c1-10(19)17-14-4-2-3-11(9-14)15(20)18-13-7-5-12(16)6-8-13/h2-4,9,12-13H,5-8,16H2,1H3,(H,17,19)(H,18,20)/t12-,13-. The van der Waals surface area contributed by atoms with E-state index in [1.165, 1.54) is 6.92 Å². The second-order valence-corrected chi connectivity index (χ2v) is 5.35. The Kier molecular flexibility index (Phi) is 4.74. The van der Waals surface area contributed by atoms with Crippen LogP contribution >= 0.6 is 0 Å². The van der Waals surface area contributed by atoms with Crippen LogP contribution in [0.3, 0.4) is 0 Å². The van der Waals surface area contributed by atoms with Crippen molar-refractivity contribution >= 4 is 17.5 Å². The molecule has 0 unspecified atom stereocenters. The highest BCUT2D eigenvalue weighted by Gasteiger charge is 2.20. The van der Waals surface area contributed by atoms with Crippen molar-refractivity contribution in [2.75, 3.05) is 5.32 Å². The summed E-state index contributed by atoms with van der Waals surface area (Å²) in [6, 6.07) is 7.42. The third-order valence-corrected chi connectivity index (χ3v) is 3.55. The Morgan fingerprint density at radius 1 is 1.20 bits per heavy atom. The minimum atomic E-state index is -0.149. The van der Waals surface area contributed by atoms with Crippen LogP contribution in [0.25, 0.3) is 0 Å². The van der Waals surface area contributed by atoms with Gasteiger partial charge >= 0.3 is 0 Å². The number of carbonyl (C=O) groups is 2. The van der Waals surface area contributed by atoms with Gasteiger partial charge in [-0.2, -0.15) is 0 Å². The van der Waals surface area contributed by atoms with Crippen molar-refractivity contribution in [1.82, 2.24) is 5.32 Å². The summed E-state index contributed by atoms with van der Waals surface area (Å²) in [5.41, 5.74) is 7.05. The number of nitrogens with two attached hydrogens (primary N) is 1. The van der Waals surface area contributed by atoms with Crippen molar-refractivity contribution < 1.29 is 9.59 Å². The fraction of sp³-hybridized carbons (Fsp3) is 0.467. The van der Waals surface area contributed by atoms with E-state index < -0.39 is 0 Å². The van der Waals surface area contributed by atoms with Gasteiger partial charge in [0.25, 0.3) is 5.91 Å². The zero-order valence-electron chi connectivity index (χ0n) is 11.7. The van der Waals surface area contributed by atoms with Gasteiger partial charge < -0.3 is 16.4 Å². The SMILES string of the molecule is CC(=O)Nc1cccc(C(=O)N[C@H]2CC[C@H](N)CC2)c1. The maximum Gasteiger partial charge on any atom is 0.251 e. The summed E-state index contributed by atoms with van der Waals surface area (Å²) in [5, 5.41) is 5.70. The lowest BCUT2D eigenvalue weighted by atomic mass is 9.91. The Hall–Kier alpha value is -1.88. The molecule has 1 aliphatic carbocycles. The van der Waals surface area contributed by atoms with Gasteiger partial charge in [-0.1, -0.05) is 6.07 Å². The van der Waals surface area contributed by atoms with E-state index in [1.807, 2.05) is 0 Å². The normalized spacial score (nSPS) is 22.1. The second-order valence-electron chi connectivity index (χ2n) is 5.35. The third-order valence-electron chi connectivity index (χ3n) is 3.55. The largest absolute Gasteiger partial charge is 0.349 e. The van der Waals surface area contributed by atoms with E-state index in [0.29, 0.717) is 11.3 Å². The van der Waals surface area contributed by atoms with Gasteiger partial charge in [0.1, 0.15) is 0 Å². The summed E-state index contributed by atoms with van der Waals surface area (Å²) in [7, 11) is 0. The fourth-order valence-corrected chi connectivity index (χ4v) is 2.47. The lowest BCUT2D eigenvalue weighted by molar-refractivity contribution is -0.114. The minimum Gasteiger partial charge on any atom is -0.349 e. The lowest BCUT2D eigenvalue weighted by Gasteiger charge is -2.26. The van der Waals surface area contributed by atoms with E-state index in [0.717, 1.165) is 25.7 Å². The highest BCUT2D eigenvalue weighted by Crippen LogP contribution is 2.18. The quantitative estimate of drug-likeness (QED) is 0.784. The molecule has 0 bridgehead atoms. The third kappa shape index (κ3) is 4.06. The van der Waals surface area contributed by atoms with Crippen molar-refractivity contribution in [2.45, 2.75) is 44.7 Å². The molecule has 20 heavy (non-hydrogen) atoms. The van der Waals surface area contributed by atoms with Crippen LogP contribution in [-0.4, -0.2) is 23.9 Å². The predicted molar refractivity (Wildman–Crippen MR) is 78.4 cm³/mol. The monoisotopic (exact) mass is 275 g/mol. The summed E-state index contributed by atoms with van der Waals surface area (Å²) < 4.78 is 0. The highest BCUT2D eigenvalue weighted by molar-refractivity contribution is 5.96. The number of hydrogen-bond acceptors (Lipinski definition) is 3. The van der Waals surface area contributed by atoms with Gasteiger partial charge in [-0.3, -0.25) is 9.59 Å². The Labute approximate surface area is 118 Å². The molecule has 108 valence electrons. The van der Waals surface area contributed by atoms with E-state index in [2.05, 4.69) is 10.6 Å². The zero-order valence-corrected chi connectivity index (χ0v) is 11.7. The maximum absolute atomic E-state index is 12.2. The van der Waals surface area contributed by atoms with Crippen molar-refractivity contribution in [3.8, 4) is 0 Å². The molecule has 0 aromatic heterocycles. The molecule has 1 aromatic rings. The summed E-state index contributed by atoms with van der Waals surface area (Å²) in [6.45, 7) is 1.44. The number of anilines is 1. The van der Waals surface area contributed by atoms with Gasteiger partial charge in [0, 0.05) is 30.3 Å². The van der Waals surface area contributed by atoms with Crippen LogP contribution in [0.1, 0.15) is 43.0 Å². The Morgan fingerprint density at radius 2 is 1.90 bits per heavy atom. The number of rotatable bonds is 3. The minimum absolute atomic E-state index is 0.0994. The van der Waals surface area contributed by atoms with Crippen LogP contribution in [0.2, 0.25) is 0 Å². The van der Waals surface area contributed by atoms with E-state index >= 15 is 0 Å². The molecule has 2 rings (SSSR count). The maximum atomic E-state index is 12.2. The molecule has 1 aromatic carbocycles. The number of benzene rings is 1. The molecule has 0 saturated heterocycles. The molecule has 0 atom stereocenters. The van der Waals surface area contributed by atoms with Gasteiger partial charge in [-0.05, 0) is 43.9 Å². The van der Waals surface area contributed by atoms with Crippen LogP contribution in [0, 0.1) is 0 Å². The molecule has 0 aliphatic heterocycles. The zero-order chi connectivity index (χ0) is 14.5.